The molecule has 19 heavy (non-hydrogen) atoms. The second-order valence-corrected chi connectivity index (χ2v) is 5.70. The zero-order valence-corrected chi connectivity index (χ0v) is 12.2. The van der Waals surface area contributed by atoms with E-state index in [9.17, 15) is 4.79 Å². The van der Waals surface area contributed by atoms with Crippen LogP contribution in [0.1, 0.15) is 43.1 Å². The Hall–Kier alpha value is -1.62. The smallest absolute Gasteiger partial charge is 0.252 e. The zero-order chi connectivity index (χ0) is 14.6. The molecule has 106 valence electrons. The minimum Gasteiger partial charge on any atom is -0.365 e. The average Bonchev–Trinajstić information content (AvgIpc) is 2.27. The molecule has 0 bridgehead atoms. The van der Waals surface area contributed by atoms with E-state index in [1.807, 2.05) is 13.8 Å². The summed E-state index contributed by atoms with van der Waals surface area (Å²) in [5, 5.41) is 3.29. The van der Waals surface area contributed by atoms with Crippen molar-refractivity contribution < 1.29 is 4.79 Å². The first-order chi connectivity index (χ1) is 8.79. The molecular weight excluding hydrogens is 240 g/mol. The van der Waals surface area contributed by atoms with Gasteiger partial charge in [0.05, 0.1) is 5.56 Å². The van der Waals surface area contributed by atoms with Gasteiger partial charge in [0.25, 0.3) is 5.91 Å². The molecule has 0 saturated carbocycles. The molecule has 1 aromatic heterocycles. The molecule has 0 aliphatic heterocycles. The number of pyridine rings is 1. The van der Waals surface area contributed by atoms with Crippen LogP contribution in [0.3, 0.4) is 0 Å². The van der Waals surface area contributed by atoms with Crippen LogP contribution in [0.5, 0.6) is 0 Å². The van der Waals surface area contributed by atoms with E-state index in [-0.39, 0.29) is 5.54 Å². The van der Waals surface area contributed by atoms with Gasteiger partial charge in [0, 0.05) is 18.3 Å². The quantitative estimate of drug-likeness (QED) is 0.728. The lowest BCUT2D eigenvalue weighted by Gasteiger charge is -2.32. The molecule has 0 aliphatic rings. The van der Waals surface area contributed by atoms with Crippen LogP contribution in [0.2, 0.25) is 0 Å². The summed E-state index contributed by atoms with van der Waals surface area (Å²) in [6, 6.07) is 1.77. The second-order valence-electron chi connectivity index (χ2n) is 5.70. The first-order valence-corrected chi connectivity index (χ1v) is 6.52. The number of nitrogens with two attached hydrogens (primary N) is 2. The van der Waals surface area contributed by atoms with E-state index in [4.69, 9.17) is 11.5 Å². The third-order valence-electron chi connectivity index (χ3n) is 3.14. The van der Waals surface area contributed by atoms with Crippen molar-refractivity contribution in [2.75, 3.05) is 11.9 Å². The van der Waals surface area contributed by atoms with Gasteiger partial charge in [-0.05, 0) is 37.8 Å². The van der Waals surface area contributed by atoms with Crippen LogP contribution in [0.15, 0.2) is 12.3 Å². The van der Waals surface area contributed by atoms with Gasteiger partial charge < -0.3 is 16.8 Å². The average molecular weight is 264 g/mol. The molecule has 1 atom stereocenters. The fraction of sp³-hybridized carbons (Fsp3) is 0.571. The molecule has 1 aromatic rings. The van der Waals surface area contributed by atoms with Gasteiger partial charge in [-0.15, -0.1) is 0 Å². The van der Waals surface area contributed by atoms with Crippen molar-refractivity contribution in [2.24, 2.45) is 17.4 Å². The summed E-state index contributed by atoms with van der Waals surface area (Å²) in [4.78, 5) is 15.8. The molecular formula is C14H24N4O. The molecule has 1 amide bonds. The van der Waals surface area contributed by atoms with Gasteiger partial charge in [-0.25, -0.2) is 4.98 Å². The Morgan fingerprint density at radius 2 is 2.16 bits per heavy atom. The van der Waals surface area contributed by atoms with E-state index in [2.05, 4.69) is 24.1 Å². The van der Waals surface area contributed by atoms with Crippen molar-refractivity contribution in [3.63, 3.8) is 0 Å². The highest BCUT2D eigenvalue weighted by molar-refractivity contribution is 5.99. The summed E-state index contributed by atoms with van der Waals surface area (Å²) >= 11 is 0. The molecule has 0 fully saturated rings. The number of hydrogen-bond acceptors (Lipinski definition) is 4. The Morgan fingerprint density at radius 1 is 1.53 bits per heavy atom. The van der Waals surface area contributed by atoms with Crippen LogP contribution in [-0.2, 0) is 0 Å². The van der Waals surface area contributed by atoms with Gasteiger partial charge in [-0.1, -0.05) is 13.8 Å². The van der Waals surface area contributed by atoms with Crippen LogP contribution in [0, 0.1) is 12.8 Å². The highest BCUT2D eigenvalue weighted by Crippen LogP contribution is 2.24. The molecule has 0 aromatic carbocycles. The molecule has 0 spiro atoms. The van der Waals surface area contributed by atoms with Gasteiger partial charge in [-0.3, -0.25) is 4.79 Å². The van der Waals surface area contributed by atoms with Crippen molar-refractivity contribution >= 4 is 11.7 Å². The van der Waals surface area contributed by atoms with E-state index in [0.29, 0.717) is 23.8 Å². The van der Waals surface area contributed by atoms with Crippen LogP contribution in [-0.4, -0.2) is 23.0 Å². The zero-order valence-electron chi connectivity index (χ0n) is 12.2. The number of nitrogens with one attached hydrogen (secondary N) is 1. The summed E-state index contributed by atoms with van der Waals surface area (Å²) in [6.45, 7) is 8.60. The monoisotopic (exact) mass is 264 g/mol. The fourth-order valence-electron chi connectivity index (χ4n) is 2.34. The normalized spacial score (nSPS) is 14.2. The molecule has 0 aliphatic carbocycles. The lowest BCUT2D eigenvalue weighted by Crippen LogP contribution is -2.44. The molecule has 5 N–H and O–H groups in total. The van der Waals surface area contributed by atoms with Gasteiger partial charge in [0.2, 0.25) is 0 Å². The maximum absolute atomic E-state index is 11.5. The highest BCUT2D eigenvalue weighted by Gasteiger charge is 2.26. The first kappa shape index (κ1) is 15.4. The number of carbonyl (C=O) groups excluding carboxylic acids is 1. The number of hydrogen-bond donors (Lipinski definition) is 3. The lowest BCUT2D eigenvalue weighted by atomic mass is 9.90. The summed E-state index contributed by atoms with van der Waals surface area (Å²) in [6.07, 6.45) is 2.55. The van der Waals surface area contributed by atoms with E-state index in [0.717, 1.165) is 12.0 Å². The minimum atomic E-state index is -0.475. The Kier molecular flexibility index (Phi) is 4.89. The lowest BCUT2D eigenvalue weighted by molar-refractivity contribution is 0.1000. The Balaban J connectivity index is 3.10. The van der Waals surface area contributed by atoms with Crippen molar-refractivity contribution in [3.05, 3.63) is 23.4 Å². The number of nitrogens with zero attached hydrogens (tertiary/aromatic N) is 1. The number of primary amides is 1. The molecule has 1 unspecified atom stereocenters. The largest absolute Gasteiger partial charge is 0.365 e. The van der Waals surface area contributed by atoms with E-state index in [1.165, 1.54) is 0 Å². The number of aromatic nitrogens is 1. The van der Waals surface area contributed by atoms with Crippen molar-refractivity contribution in [2.45, 2.75) is 39.7 Å². The van der Waals surface area contributed by atoms with Gasteiger partial charge in [0.15, 0.2) is 0 Å². The molecule has 1 heterocycles. The Morgan fingerprint density at radius 3 is 2.63 bits per heavy atom. The third-order valence-corrected chi connectivity index (χ3v) is 3.14. The molecule has 0 saturated heterocycles. The van der Waals surface area contributed by atoms with E-state index < -0.39 is 5.91 Å². The summed E-state index contributed by atoms with van der Waals surface area (Å²) in [7, 11) is 0. The van der Waals surface area contributed by atoms with E-state index >= 15 is 0 Å². The Labute approximate surface area is 114 Å². The third kappa shape index (κ3) is 3.92. The van der Waals surface area contributed by atoms with Crippen molar-refractivity contribution in [3.8, 4) is 0 Å². The minimum absolute atomic E-state index is 0.306. The van der Waals surface area contributed by atoms with Crippen LogP contribution < -0.4 is 16.8 Å². The van der Waals surface area contributed by atoms with Gasteiger partial charge >= 0.3 is 0 Å². The first-order valence-electron chi connectivity index (χ1n) is 6.52. The number of rotatable bonds is 6. The number of aryl methyl sites for hydroxylation is 1. The predicted octanol–water partition coefficient (Wildman–Crippen LogP) is 1.66. The molecule has 1 rings (SSSR count). The second kappa shape index (κ2) is 6.02. The van der Waals surface area contributed by atoms with E-state index in [1.54, 1.807) is 12.3 Å². The molecule has 0 radical (unpaired) electrons. The van der Waals surface area contributed by atoms with Gasteiger partial charge in [0.1, 0.15) is 5.82 Å². The summed E-state index contributed by atoms with van der Waals surface area (Å²) < 4.78 is 0. The summed E-state index contributed by atoms with van der Waals surface area (Å²) in [5.74, 6) is 0.529. The van der Waals surface area contributed by atoms with Gasteiger partial charge in [-0.2, -0.15) is 0 Å². The maximum atomic E-state index is 11.5. The topological polar surface area (TPSA) is 94.0 Å². The SMILES string of the molecule is Cc1ccnc(NC(C)(CN)CC(C)C)c1C(N)=O. The van der Waals surface area contributed by atoms with Crippen molar-refractivity contribution in [1.29, 1.82) is 0 Å². The van der Waals surface area contributed by atoms with Crippen molar-refractivity contribution in [1.82, 2.24) is 4.98 Å². The predicted molar refractivity (Wildman–Crippen MR) is 78.0 cm³/mol. The van der Waals surface area contributed by atoms with Crippen LogP contribution in [0.25, 0.3) is 0 Å². The number of amides is 1. The summed E-state index contributed by atoms with van der Waals surface area (Å²) in [5.41, 5.74) is 12.2. The maximum Gasteiger partial charge on any atom is 0.252 e. The molecule has 5 nitrogen and oxygen atoms in total. The Bertz CT molecular complexity index is 459. The fourth-order valence-corrected chi connectivity index (χ4v) is 2.34. The highest BCUT2D eigenvalue weighted by atomic mass is 16.1. The number of anilines is 1. The number of carbonyl (C=O) groups is 1. The van der Waals surface area contributed by atoms with Crippen LogP contribution >= 0.6 is 0 Å². The molecule has 5 heteroatoms. The van der Waals surface area contributed by atoms with Crippen LogP contribution in [0.4, 0.5) is 5.82 Å². The standard InChI is InChI=1S/C14H24N4O/c1-9(2)7-14(4,8-15)18-13-11(12(16)19)10(3)5-6-17-13/h5-6,9H,7-8,15H2,1-4H3,(H2,16,19)(H,17,18).